The van der Waals surface area contributed by atoms with E-state index in [0.717, 1.165) is 36.5 Å². The third-order valence-corrected chi connectivity index (χ3v) is 3.93. The average Bonchev–Trinajstić information content (AvgIpc) is 2.77. The van der Waals surface area contributed by atoms with Crippen LogP contribution in [0.1, 0.15) is 57.0 Å². The molecule has 0 saturated heterocycles. The predicted octanol–water partition coefficient (Wildman–Crippen LogP) is 3.70. The van der Waals surface area contributed by atoms with E-state index >= 15 is 0 Å². The molecule has 1 atom stereocenters. The van der Waals surface area contributed by atoms with E-state index in [1.54, 1.807) is 6.26 Å². The Kier molecular flexibility index (Phi) is 3.70. The van der Waals surface area contributed by atoms with Gasteiger partial charge in [-0.15, -0.1) is 0 Å². The molecule has 0 radical (unpaired) electrons. The first kappa shape index (κ1) is 11.7. The smallest absolute Gasteiger partial charge is 0.109 e. The van der Waals surface area contributed by atoms with Gasteiger partial charge in [0, 0.05) is 12.0 Å². The zero-order valence-electron chi connectivity index (χ0n) is 10.3. The molecule has 90 valence electrons. The lowest BCUT2D eigenvalue weighted by molar-refractivity contribution is 0.0741. The quantitative estimate of drug-likeness (QED) is 0.846. The van der Waals surface area contributed by atoms with Crippen LogP contribution < -0.4 is 0 Å². The largest absolute Gasteiger partial charge is 0.469 e. The van der Waals surface area contributed by atoms with E-state index in [9.17, 15) is 5.11 Å². The van der Waals surface area contributed by atoms with Crippen LogP contribution in [0.25, 0.3) is 0 Å². The summed E-state index contributed by atoms with van der Waals surface area (Å²) < 4.78 is 5.39. The van der Waals surface area contributed by atoms with Gasteiger partial charge in [-0.2, -0.15) is 0 Å². The molecule has 0 amide bonds. The first-order valence-corrected chi connectivity index (χ1v) is 6.46. The molecular formula is C14H22O2. The van der Waals surface area contributed by atoms with E-state index in [1.165, 1.54) is 12.8 Å². The first-order valence-electron chi connectivity index (χ1n) is 6.46. The van der Waals surface area contributed by atoms with Gasteiger partial charge >= 0.3 is 0 Å². The summed E-state index contributed by atoms with van der Waals surface area (Å²) in [6.45, 7) is 4.37. The molecule has 1 saturated carbocycles. The lowest BCUT2D eigenvalue weighted by atomic mass is 9.78. The second-order valence-electron chi connectivity index (χ2n) is 5.12. The van der Waals surface area contributed by atoms with Crippen LogP contribution in [-0.4, -0.2) is 5.11 Å². The molecule has 1 unspecified atom stereocenters. The molecule has 0 spiro atoms. The highest BCUT2D eigenvalue weighted by molar-refractivity contribution is 5.20. The second kappa shape index (κ2) is 5.05. The number of aryl methyl sites for hydroxylation is 1. The van der Waals surface area contributed by atoms with Crippen molar-refractivity contribution in [2.45, 2.75) is 52.1 Å². The summed E-state index contributed by atoms with van der Waals surface area (Å²) in [5.41, 5.74) is 1.02. The van der Waals surface area contributed by atoms with Gasteiger partial charge in [0.2, 0.25) is 0 Å². The van der Waals surface area contributed by atoms with E-state index in [-0.39, 0.29) is 6.10 Å². The summed E-state index contributed by atoms with van der Waals surface area (Å²) in [4.78, 5) is 0. The Labute approximate surface area is 97.7 Å². The van der Waals surface area contributed by atoms with Crippen LogP contribution in [0.3, 0.4) is 0 Å². The molecule has 1 aromatic heterocycles. The maximum atomic E-state index is 10.4. The van der Waals surface area contributed by atoms with Crippen LogP contribution >= 0.6 is 0 Å². The van der Waals surface area contributed by atoms with Crippen LogP contribution in [0, 0.1) is 11.8 Å². The molecule has 1 aliphatic rings. The number of rotatable bonds is 3. The Balaban J connectivity index is 2.04. The summed E-state index contributed by atoms with van der Waals surface area (Å²) in [6, 6.07) is 1.93. The summed E-state index contributed by atoms with van der Waals surface area (Å²) >= 11 is 0. The maximum Gasteiger partial charge on any atom is 0.109 e. The Hall–Kier alpha value is -0.760. The van der Waals surface area contributed by atoms with Crippen molar-refractivity contribution in [1.82, 2.24) is 0 Å². The van der Waals surface area contributed by atoms with Crippen LogP contribution in [0.4, 0.5) is 0 Å². The predicted molar refractivity (Wildman–Crippen MR) is 64.2 cm³/mol. The number of hydrogen-bond acceptors (Lipinski definition) is 2. The van der Waals surface area contributed by atoms with Crippen molar-refractivity contribution in [1.29, 1.82) is 0 Å². The van der Waals surface area contributed by atoms with E-state index in [1.807, 2.05) is 6.07 Å². The van der Waals surface area contributed by atoms with Crippen molar-refractivity contribution in [3.8, 4) is 0 Å². The molecule has 2 nitrogen and oxygen atoms in total. The average molecular weight is 222 g/mol. The van der Waals surface area contributed by atoms with Crippen LogP contribution in [0.5, 0.6) is 0 Å². The van der Waals surface area contributed by atoms with Gasteiger partial charge in [-0.3, -0.25) is 0 Å². The minimum absolute atomic E-state index is 0.318. The molecule has 0 aliphatic heterocycles. The highest BCUT2D eigenvalue weighted by Crippen LogP contribution is 2.37. The van der Waals surface area contributed by atoms with Crippen LogP contribution in [0.15, 0.2) is 16.7 Å². The summed E-state index contributed by atoms with van der Waals surface area (Å²) in [5, 5.41) is 10.4. The lowest BCUT2D eigenvalue weighted by Gasteiger charge is -2.29. The van der Waals surface area contributed by atoms with Crippen molar-refractivity contribution in [2.75, 3.05) is 0 Å². The highest BCUT2D eigenvalue weighted by atomic mass is 16.3. The molecule has 16 heavy (non-hydrogen) atoms. The second-order valence-corrected chi connectivity index (χ2v) is 5.12. The van der Waals surface area contributed by atoms with Gasteiger partial charge in [-0.05, 0) is 30.7 Å². The SMILES string of the molecule is CCc1occc1C(O)C1CCC(C)CC1. The minimum Gasteiger partial charge on any atom is -0.469 e. The van der Waals surface area contributed by atoms with Gasteiger partial charge < -0.3 is 9.52 Å². The molecule has 1 fully saturated rings. The molecule has 1 N–H and O–H groups in total. The lowest BCUT2D eigenvalue weighted by Crippen LogP contribution is -2.19. The van der Waals surface area contributed by atoms with E-state index < -0.39 is 0 Å². The number of furan rings is 1. The van der Waals surface area contributed by atoms with Gasteiger partial charge in [0.15, 0.2) is 0 Å². The zero-order chi connectivity index (χ0) is 11.5. The molecule has 0 bridgehead atoms. The fraction of sp³-hybridized carbons (Fsp3) is 0.714. The number of aliphatic hydroxyl groups excluding tert-OH is 1. The Morgan fingerprint density at radius 3 is 2.69 bits per heavy atom. The normalized spacial score (nSPS) is 27.9. The van der Waals surface area contributed by atoms with Gasteiger partial charge in [0.1, 0.15) is 5.76 Å². The fourth-order valence-electron chi connectivity index (χ4n) is 2.76. The third kappa shape index (κ3) is 2.32. The number of aliphatic hydroxyl groups is 1. The Morgan fingerprint density at radius 2 is 2.06 bits per heavy atom. The molecule has 2 heteroatoms. The van der Waals surface area contributed by atoms with Crippen molar-refractivity contribution in [3.63, 3.8) is 0 Å². The van der Waals surface area contributed by atoms with Crippen molar-refractivity contribution in [3.05, 3.63) is 23.7 Å². The maximum absolute atomic E-state index is 10.4. The number of hydrogen-bond donors (Lipinski definition) is 1. The van der Waals surface area contributed by atoms with Crippen molar-refractivity contribution in [2.24, 2.45) is 11.8 Å². The summed E-state index contributed by atoms with van der Waals surface area (Å²) in [5.74, 6) is 2.21. The molecule has 1 aliphatic carbocycles. The third-order valence-electron chi connectivity index (χ3n) is 3.93. The van der Waals surface area contributed by atoms with E-state index in [4.69, 9.17) is 4.42 Å². The summed E-state index contributed by atoms with van der Waals surface area (Å²) in [7, 11) is 0. The molecular weight excluding hydrogens is 200 g/mol. The molecule has 1 heterocycles. The Morgan fingerprint density at radius 1 is 1.38 bits per heavy atom. The monoisotopic (exact) mass is 222 g/mol. The van der Waals surface area contributed by atoms with Crippen LogP contribution in [-0.2, 0) is 6.42 Å². The van der Waals surface area contributed by atoms with Crippen molar-refractivity contribution < 1.29 is 9.52 Å². The molecule has 1 aromatic rings. The Bertz CT molecular complexity index is 321. The molecule has 2 rings (SSSR count). The standard InChI is InChI=1S/C14H22O2/c1-3-13-12(8-9-16-13)14(15)11-6-4-10(2)5-7-11/h8-11,14-15H,3-7H2,1-2H3. The molecule has 0 aromatic carbocycles. The highest BCUT2D eigenvalue weighted by Gasteiger charge is 2.27. The van der Waals surface area contributed by atoms with Crippen LogP contribution in [0.2, 0.25) is 0 Å². The van der Waals surface area contributed by atoms with Gasteiger partial charge in [-0.25, -0.2) is 0 Å². The van der Waals surface area contributed by atoms with Crippen molar-refractivity contribution >= 4 is 0 Å². The topological polar surface area (TPSA) is 33.4 Å². The minimum atomic E-state index is -0.318. The fourth-order valence-corrected chi connectivity index (χ4v) is 2.76. The van der Waals surface area contributed by atoms with E-state index in [2.05, 4.69) is 13.8 Å². The van der Waals surface area contributed by atoms with Gasteiger partial charge in [0.25, 0.3) is 0 Å². The summed E-state index contributed by atoms with van der Waals surface area (Å²) in [6.07, 6.45) is 7.04. The first-order chi connectivity index (χ1) is 7.72. The van der Waals surface area contributed by atoms with Gasteiger partial charge in [0.05, 0.1) is 12.4 Å². The zero-order valence-corrected chi connectivity index (χ0v) is 10.3. The van der Waals surface area contributed by atoms with E-state index in [0.29, 0.717) is 5.92 Å². The van der Waals surface area contributed by atoms with Gasteiger partial charge in [-0.1, -0.05) is 26.7 Å².